The summed E-state index contributed by atoms with van der Waals surface area (Å²) in [5.41, 5.74) is 2.88. The van der Waals surface area contributed by atoms with Crippen molar-refractivity contribution in [3.63, 3.8) is 0 Å². The Bertz CT molecular complexity index is 2130. The Balaban J connectivity index is 1.79. The van der Waals surface area contributed by atoms with Gasteiger partial charge >= 0.3 is 0 Å². The van der Waals surface area contributed by atoms with Gasteiger partial charge in [0.15, 0.2) is 0 Å². The first kappa shape index (κ1) is 19.4. The molecule has 0 saturated carbocycles. The summed E-state index contributed by atoms with van der Waals surface area (Å²) in [5, 5.41) is 19.6. The second-order valence-electron chi connectivity index (χ2n) is 11.3. The molecule has 0 N–H and O–H groups in total. The van der Waals surface area contributed by atoms with Crippen LogP contribution in [0.4, 0.5) is 0 Å². The molecule has 0 aromatic heterocycles. The zero-order valence-electron chi connectivity index (χ0n) is 20.6. The van der Waals surface area contributed by atoms with Crippen molar-refractivity contribution < 1.29 is 0 Å². The van der Waals surface area contributed by atoms with Gasteiger partial charge < -0.3 is 0 Å². The Morgan fingerprint density at radius 2 is 0.971 bits per heavy atom. The van der Waals surface area contributed by atoms with E-state index in [2.05, 4.69) is 113 Å². The van der Waals surface area contributed by atoms with E-state index < -0.39 is 0 Å². The SMILES string of the molecule is Cc1c2cc3c4ccccc4c4cccc(c2c(C(C)(C)C)c2c5cccc6cccc(c12)c65)c43. The van der Waals surface area contributed by atoms with Crippen LogP contribution in [0.2, 0.25) is 0 Å². The molecule has 8 rings (SSSR count). The molecule has 0 bridgehead atoms. The monoisotopic (exact) mass is 446 g/mol. The van der Waals surface area contributed by atoms with Gasteiger partial charge in [-0.25, -0.2) is 0 Å². The summed E-state index contributed by atoms with van der Waals surface area (Å²) < 4.78 is 0. The average molecular weight is 447 g/mol. The highest BCUT2D eigenvalue weighted by molar-refractivity contribution is 6.39. The number of aryl methyl sites for hydroxylation is 1. The van der Waals surface area contributed by atoms with E-state index >= 15 is 0 Å². The minimum atomic E-state index is -0.00834. The summed E-state index contributed by atoms with van der Waals surface area (Å²) in [4.78, 5) is 0. The number of benzene rings is 6. The van der Waals surface area contributed by atoms with Gasteiger partial charge in [-0.2, -0.15) is 0 Å². The third-order valence-electron chi connectivity index (χ3n) is 8.39. The topological polar surface area (TPSA) is 0 Å². The molecular weight excluding hydrogens is 420 g/mol. The quantitative estimate of drug-likeness (QED) is 0.203. The van der Waals surface area contributed by atoms with Crippen molar-refractivity contribution in [2.45, 2.75) is 33.1 Å². The van der Waals surface area contributed by atoms with Gasteiger partial charge in [-0.15, -0.1) is 0 Å². The molecule has 8 aromatic rings. The minimum absolute atomic E-state index is 0.00834. The van der Waals surface area contributed by atoms with E-state index in [4.69, 9.17) is 0 Å². The number of fused-ring (bicyclic) bond motifs is 8. The summed E-state index contributed by atoms with van der Waals surface area (Å²) >= 11 is 0. The average Bonchev–Trinajstić information content (AvgIpc) is 3.36. The van der Waals surface area contributed by atoms with Crippen molar-refractivity contribution in [3.05, 3.63) is 96.1 Å². The molecule has 0 aliphatic carbocycles. The molecule has 0 radical (unpaired) electrons. The van der Waals surface area contributed by atoms with E-state index in [1.54, 1.807) is 0 Å². The Hall–Kier alpha value is -3.90. The van der Waals surface area contributed by atoms with E-state index in [0.29, 0.717) is 0 Å². The largest absolute Gasteiger partial charge is 0.0616 e. The summed E-state index contributed by atoms with van der Waals surface area (Å²) in [5.74, 6) is 0. The normalized spacial score (nSPS) is 13.1. The van der Waals surface area contributed by atoms with Gasteiger partial charge in [0.05, 0.1) is 0 Å². The summed E-state index contributed by atoms with van der Waals surface area (Å²) in [6.45, 7) is 9.51. The molecule has 0 saturated heterocycles. The molecule has 8 aromatic carbocycles. The molecule has 0 aliphatic heterocycles. The van der Waals surface area contributed by atoms with Crippen LogP contribution in [0.1, 0.15) is 31.9 Å². The molecule has 0 heterocycles. The van der Waals surface area contributed by atoms with E-state index in [0.717, 1.165) is 0 Å². The number of rotatable bonds is 0. The molecule has 166 valence electrons. The lowest BCUT2D eigenvalue weighted by atomic mass is 9.77. The first-order valence-corrected chi connectivity index (χ1v) is 12.6. The predicted octanol–water partition coefficient (Wildman–Crippen LogP) is 10.2. The molecule has 0 heteroatoms. The maximum absolute atomic E-state index is 2.50. The Morgan fingerprint density at radius 3 is 1.66 bits per heavy atom. The first-order valence-electron chi connectivity index (χ1n) is 12.6. The van der Waals surface area contributed by atoms with Crippen LogP contribution in [0.3, 0.4) is 0 Å². The van der Waals surface area contributed by atoms with Crippen LogP contribution in [-0.4, -0.2) is 0 Å². The fourth-order valence-electron chi connectivity index (χ4n) is 7.13. The van der Waals surface area contributed by atoms with Gasteiger partial charge in [0.1, 0.15) is 0 Å². The lowest BCUT2D eigenvalue weighted by Gasteiger charge is -2.26. The molecule has 0 spiro atoms. The summed E-state index contributed by atoms with van der Waals surface area (Å²) in [6.07, 6.45) is 0. The maximum Gasteiger partial charge on any atom is -0.00198 e. The van der Waals surface area contributed by atoms with Crippen LogP contribution in [0.5, 0.6) is 0 Å². The van der Waals surface area contributed by atoms with Crippen molar-refractivity contribution in [3.8, 4) is 0 Å². The van der Waals surface area contributed by atoms with E-state index in [9.17, 15) is 0 Å². The molecule has 35 heavy (non-hydrogen) atoms. The lowest BCUT2D eigenvalue weighted by Crippen LogP contribution is -2.13. The fourth-order valence-corrected chi connectivity index (χ4v) is 7.13. The third-order valence-corrected chi connectivity index (χ3v) is 8.39. The van der Waals surface area contributed by atoms with E-state index in [1.807, 2.05) is 0 Å². The van der Waals surface area contributed by atoms with Crippen LogP contribution in [0, 0.1) is 6.92 Å². The maximum atomic E-state index is 2.50. The zero-order chi connectivity index (χ0) is 23.6. The number of hydrogen-bond donors (Lipinski definition) is 0. The summed E-state index contributed by atoms with van der Waals surface area (Å²) in [6, 6.07) is 32.0. The molecule has 0 amide bonds. The first-order chi connectivity index (χ1) is 16.9. The van der Waals surface area contributed by atoms with Gasteiger partial charge in [0.2, 0.25) is 0 Å². The van der Waals surface area contributed by atoms with Crippen molar-refractivity contribution in [2.24, 2.45) is 0 Å². The van der Waals surface area contributed by atoms with Crippen molar-refractivity contribution in [1.29, 1.82) is 0 Å². The Labute approximate surface area is 204 Å². The van der Waals surface area contributed by atoms with Gasteiger partial charge in [0, 0.05) is 0 Å². The van der Waals surface area contributed by atoms with Crippen molar-refractivity contribution in [2.75, 3.05) is 0 Å². The molecule has 0 unspecified atom stereocenters. The molecular formula is C35H26. The van der Waals surface area contributed by atoms with Gasteiger partial charge in [-0.3, -0.25) is 0 Å². The molecule has 0 nitrogen and oxygen atoms in total. The summed E-state index contributed by atoms with van der Waals surface area (Å²) in [7, 11) is 0. The van der Waals surface area contributed by atoms with Gasteiger partial charge in [0.25, 0.3) is 0 Å². The van der Waals surface area contributed by atoms with E-state index in [-0.39, 0.29) is 5.41 Å². The van der Waals surface area contributed by atoms with Crippen LogP contribution < -0.4 is 0 Å². The Morgan fingerprint density at radius 1 is 0.429 bits per heavy atom. The third kappa shape index (κ3) is 2.24. The molecule has 0 aliphatic rings. The van der Waals surface area contributed by atoms with Gasteiger partial charge in [-0.1, -0.05) is 99.6 Å². The van der Waals surface area contributed by atoms with Crippen LogP contribution >= 0.6 is 0 Å². The van der Waals surface area contributed by atoms with E-state index in [1.165, 1.54) is 86.5 Å². The highest BCUT2D eigenvalue weighted by Gasteiger charge is 2.28. The highest BCUT2D eigenvalue weighted by Crippen LogP contribution is 2.51. The zero-order valence-corrected chi connectivity index (χ0v) is 20.6. The minimum Gasteiger partial charge on any atom is -0.0616 e. The number of hydrogen-bond acceptors (Lipinski definition) is 0. The molecule has 0 atom stereocenters. The highest BCUT2D eigenvalue weighted by atomic mass is 14.3. The fraction of sp³-hybridized carbons (Fsp3) is 0.143. The van der Waals surface area contributed by atoms with Crippen LogP contribution in [-0.2, 0) is 5.41 Å². The second kappa shape index (κ2) is 6.20. The van der Waals surface area contributed by atoms with Crippen LogP contribution in [0.25, 0.3) is 75.4 Å². The van der Waals surface area contributed by atoms with Gasteiger partial charge in [-0.05, 0) is 105 Å². The van der Waals surface area contributed by atoms with Crippen LogP contribution in [0.15, 0.2) is 84.9 Å². The smallest absolute Gasteiger partial charge is 0.00198 e. The van der Waals surface area contributed by atoms with Crippen molar-refractivity contribution in [1.82, 2.24) is 0 Å². The second-order valence-corrected chi connectivity index (χ2v) is 11.3. The predicted molar refractivity (Wildman–Crippen MR) is 155 cm³/mol. The molecule has 0 fully saturated rings. The van der Waals surface area contributed by atoms with Crippen molar-refractivity contribution >= 4 is 75.4 Å². The Kier molecular flexibility index (Phi) is 3.44. The standard InChI is InChI=1S/C35H26/c1-19-27-18-28-22-13-6-5-12-21(22)23-14-9-17-26(31(23)28)32(27)34(35(2,3)4)33-25-16-8-11-20-10-7-15-24(29(19)33)30(20)25/h5-18H,1-4H3. The lowest BCUT2D eigenvalue weighted by molar-refractivity contribution is 0.602.